The summed E-state index contributed by atoms with van der Waals surface area (Å²) in [6.45, 7) is 1.77. The first-order valence-electron chi connectivity index (χ1n) is 4.85. The zero-order valence-electron chi connectivity index (χ0n) is 10.1. The lowest BCUT2D eigenvalue weighted by molar-refractivity contribution is 0.344. The van der Waals surface area contributed by atoms with Gasteiger partial charge in [-0.15, -0.1) is 0 Å². The Hall–Kier alpha value is -1.92. The van der Waals surface area contributed by atoms with E-state index in [-0.39, 0.29) is 4.90 Å². The first-order chi connectivity index (χ1) is 8.66. The van der Waals surface area contributed by atoms with Crippen molar-refractivity contribution >= 4 is 25.0 Å². The van der Waals surface area contributed by atoms with Gasteiger partial charge in [-0.2, -0.15) is 13.7 Å². The smallest absolute Gasteiger partial charge is 0.267 e. The molecule has 0 unspecified atom stereocenters. The monoisotopic (exact) mass is 302 g/mol. The van der Waals surface area contributed by atoms with E-state index in [1.807, 2.05) is 0 Å². The number of rotatable bonds is 3. The summed E-state index contributed by atoms with van der Waals surface area (Å²) < 4.78 is 49.4. The number of nitriles is 1. The van der Waals surface area contributed by atoms with Gasteiger partial charge in [0.2, 0.25) is 9.84 Å². The minimum atomic E-state index is -4.19. The van der Waals surface area contributed by atoms with Crippen molar-refractivity contribution in [2.45, 2.75) is 11.8 Å². The first-order valence-corrected chi connectivity index (χ1v) is 8.15. The maximum absolute atomic E-state index is 12.0. The summed E-state index contributed by atoms with van der Waals surface area (Å²) in [5, 5.41) is 10.6. The van der Waals surface area contributed by atoms with E-state index in [0.717, 1.165) is 5.56 Å². The topological polar surface area (TPSA) is 114 Å². The second-order valence-electron chi connectivity index (χ2n) is 3.60. The van der Waals surface area contributed by atoms with Crippen LogP contribution < -0.4 is 0 Å². The van der Waals surface area contributed by atoms with Gasteiger partial charge < -0.3 is 0 Å². The van der Waals surface area contributed by atoms with Crippen LogP contribution in [-0.4, -0.2) is 28.1 Å². The number of sulfone groups is 1. The van der Waals surface area contributed by atoms with Crippen LogP contribution in [0.1, 0.15) is 5.56 Å². The predicted octanol–water partition coefficient (Wildman–Crippen LogP) is 0.582. The molecule has 0 aromatic heterocycles. The van der Waals surface area contributed by atoms with Gasteiger partial charge in [0, 0.05) is 0 Å². The Balaban J connectivity index is 3.25. The zero-order chi connectivity index (χ0) is 14.7. The Morgan fingerprint density at radius 2 is 1.74 bits per heavy atom. The number of nitrogens with zero attached hydrogens (tertiary/aromatic N) is 2. The SMILES string of the molecule is Cc1ccc(S(=O)(=O)/C(C#N)=N/OS(C)(=O)=O)cc1. The standard InChI is InChI=1S/C10H10N2O5S2/c1-8-3-5-9(6-4-8)19(15,16)10(7-11)12-17-18(2,13)14/h3-6H,1-2H3/b12-10+. The number of oxime groups is 1. The van der Waals surface area contributed by atoms with Crippen LogP contribution in [0.25, 0.3) is 0 Å². The summed E-state index contributed by atoms with van der Waals surface area (Å²) in [4.78, 5) is -0.171. The molecule has 1 aromatic carbocycles. The van der Waals surface area contributed by atoms with E-state index in [1.54, 1.807) is 19.1 Å². The van der Waals surface area contributed by atoms with Crippen molar-refractivity contribution in [2.75, 3.05) is 6.26 Å². The van der Waals surface area contributed by atoms with Gasteiger partial charge in [-0.05, 0) is 24.2 Å². The molecule has 0 aliphatic carbocycles. The van der Waals surface area contributed by atoms with Crippen molar-refractivity contribution in [3.05, 3.63) is 29.8 Å². The van der Waals surface area contributed by atoms with Crippen LogP contribution in [0.4, 0.5) is 0 Å². The van der Waals surface area contributed by atoms with Crippen molar-refractivity contribution < 1.29 is 21.1 Å². The third-order valence-corrected chi connectivity index (χ3v) is 3.85. The van der Waals surface area contributed by atoms with Crippen molar-refractivity contribution in [1.82, 2.24) is 0 Å². The van der Waals surface area contributed by atoms with Crippen molar-refractivity contribution in [3.63, 3.8) is 0 Å². The molecule has 1 aromatic rings. The first kappa shape index (κ1) is 15.1. The van der Waals surface area contributed by atoms with Gasteiger partial charge in [-0.25, -0.2) is 8.42 Å². The van der Waals surface area contributed by atoms with Crippen molar-refractivity contribution in [1.29, 1.82) is 5.26 Å². The molecule has 0 saturated heterocycles. The molecular formula is C10H10N2O5S2. The molecule has 102 valence electrons. The molecule has 0 saturated carbocycles. The van der Waals surface area contributed by atoms with E-state index in [9.17, 15) is 16.8 Å². The van der Waals surface area contributed by atoms with Crippen LogP contribution in [0.3, 0.4) is 0 Å². The maximum atomic E-state index is 12.0. The minimum Gasteiger partial charge on any atom is -0.267 e. The fourth-order valence-corrected chi connectivity index (χ4v) is 2.29. The van der Waals surface area contributed by atoms with Crippen molar-refractivity contribution in [2.24, 2.45) is 5.16 Å². The lowest BCUT2D eigenvalue weighted by Gasteiger charge is -2.02. The van der Waals surface area contributed by atoms with Gasteiger partial charge in [0.15, 0.2) is 0 Å². The number of aryl methyl sites for hydroxylation is 1. The normalized spacial score (nSPS) is 12.8. The average Bonchev–Trinajstić information content (AvgIpc) is 2.28. The number of benzene rings is 1. The van der Waals surface area contributed by atoms with E-state index in [1.165, 1.54) is 18.2 Å². The van der Waals surface area contributed by atoms with E-state index in [2.05, 4.69) is 9.44 Å². The van der Waals surface area contributed by atoms with Crippen LogP contribution in [-0.2, 0) is 24.2 Å². The number of hydrogen-bond acceptors (Lipinski definition) is 7. The fourth-order valence-electron chi connectivity index (χ4n) is 1.06. The molecule has 0 atom stereocenters. The summed E-state index contributed by atoms with van der Waals surface area (Å²) in [6.07, 6.45) is 0.685. The average molecular weight is 302 g/mol. The molecule has 0 aliphatic rings. The molecule has 0 fully saturated rings. The van der Waals surface area contributed by atoms with Crippen LogP contribution in [0.5, 0.6) is 0 Å². The molecule has 9 heteroatoms. The van der Waals surface area contributed by atoms with E-state index >= 15 is 0 Å². The Morgan fingerprint density at radius 3 is 2.16 bits per heavy atom. The zero-order valence-corrected chi connectivity index (χ0v) is 11.7. The Bertz CT molecular complexity index is 740. The van der Waals surface area contributed by atoms with Gasteiger partial charge in [-0.1, -0.05) is 17.7 Å². The lowest BCUT2D eigenvalue weighted by Crippen LogP contribution is -2.14. The van der Waals surface area contributed by atoms with Crippen LogP contribution >= 0.6 is 0 Å². The molecular weight excluding hydrogens is 292 g/mol. The van der Waals surface area contributed by atoms with Crippen LogP contribution in [0.15, 0.2) is 34.3 Å². The number of hydrogen-bond donors (Lipinski definition) is 0. The van der Waals surface area contributed by atoms with Gasteiger partial charge in [-0.3, -0.25) is 4.28 Å². The quantitative estimate of drug-likeness (QED) is 0.458. The Kier molecular flexibility index (Phi) is 4.28. The fraction of sp³-hybridized carbons (Fsp3) is 0.200. The Morgan fingerprint density at radius 1 is 1.21 bits per heavy atom. The highest BCUT2D eigenvalue weighted by molar-refractivity contribution is 8.07. The lowest BCUT2D eigenvalue weighted by atomic mass is 10.2. The highest BCUT2D eigenvalue weighted by Crippen LogP contribution is 2.14. The summed E-state index contributed by atoms with van der Waals surface area (Å²) in [5.74, 6) is 0. The summed E-state index contributed by atoms with van der Waals surface area (Å²) in [5.41, 5.74) is 0.835. The third-order valence-electron chi connectivity index (χ3n) is 1.94. The molecule has 0 amide bonds. The molecule has 7 nitrogen and oxygen atoms in total. The van der Waals surface area contributed by atoms with Crippen molar-refractivity contribution in [3.8, 4) is 6.07 Å². The molecule has 1 rings (SSSR count). The second kappa shape index (κ2) is 5.38. The van der Waals surface area contributed by atoms with E-state index < -0.39 is 25.0 Å². The highest BCUT2D eigenvalue weighted by Gasteiger charge is 2.24. The van der Waals surface area contributed by atoms with Gasteiger partial charge in [0.05, 0.1) is 11.2 Å². The molecule has 0 radical (unpaired) electrons. The molecule has 0 aliphatic heterocycles. The maximum Gasteiger partial charge on any atom is 0.325 e. The summed E-state index contributed by atoms with van der Waals surface area (Å²) >= 11 is 0. The molecule has 0 bridgehead atoms. The van der Waals surface area contributed by atoms with Gasteiger partial charge in [0.1, 0.15) is 6.07 Å². The van der Waals surface area contributed by atoms with Crippen LogP contribution in [0, 0.1) is 18.3 Å². The molecule has 19 heavy (non-hydrogen) atoms. The van der Waals surface area contributed by atoms with E-state index in [0.29, 0.717) is 6.26 Å². The summed E-state index contributed by atoms with van der Waals surface area (Å²) in [7, 11) is -8.17. The highest BCUT2D eigenvalue weighted by atomic mass is 32.2. The van der Waals surface area contributed by atoms with Crippen LogP contribution in [0.2, 0.25) is 0 Å². The van der Waals surface area contributed by atoms with E-state index in [4.69, 9.17) is 5.26 Å². The second-order valence-corrected chi connectivity index (χ2v) is 7.03. The largest absolute Gasteiger partial charge is 0.325 e. The van der Waals surface area contributed by atoms with Gasteiger partial charge >= 0.3 is 10.1 Å². The molecule has 0 spiro atoms. The summed E-state index contributed by atoms with van der Waals surface area (Å²) in [6, 6.07) is 6.96. The molecule has 0 heterocycles. The third kappa shape index (κ3) is 4.04. The molecule has 0 N–H and O–H groups in total. The minimum absolute atomic E-state index is 0.171. The van der Waals surface area contributed by atoms with Gasteiger partial charge in [0.25, 0.3) is 5.04 Å². The Labute approximate surface area is 111 Å². The predicted molar refractivity (Wildman–Crippen MR) is 67.3 cm³/mol.